The van der Waals surface area contributed by atoms with E-state index in [0.29, 0.717) is 18.4 Å². The van der Waals surface area contributed by atoms with Crippen LogP contribution < -0.4 is 11.1 Å². The van der Waals surface area contributed by atoms with Crippen molar-refractivity contribution in [1.82, 2.24) is 5.32 Å². The number of nitrogens with one attached hydrogen (secondary N) is 1. The summed E-state index contributed by atoms with van der Waals surface area (Å²) < 4.78 is 0. The van der Waals surface area contributed by atoms with Crippen molar-refractivity contribution in [2.24, 2.45) is 17.6 Å². The van der Waals surface area contributed by atoms with Gasteiger partial charge in [0.05, 0.1) is 0 Å². The minimum atomic E-state index is 0.237. The Kier molecular flexibility index (Phi) is 5.68. The highest BCUT2D eigenvalue weighted by Crippen LogP contribution is 2.29. The molecular weight excluding hydrogens is 236 g/mol. The van der Waals surface area contributed by atoms with Crippen molar-refractivity contribution in [3.05, 3.63) is 0 Å². The van der Waals surface area contributed by atoms with Gasteiger partial charge in [-0.05, 0) is 50.4 Å². The molecule has 3 heteroatoms. The monoisotopic (exact) mass is 266 g/mol. The van der Waals surface area contributed by atoms with Crippen molar-refractivity contribution < 1.29 is 4.79 Å². The van der Waals surface area contributed by atoms with Gasteiger partial charge in [-0.25, -0.2) is 0 Å². The molecule has 2 aliphatic carbocycles. The summed E-state index contributed by atoms with van der Waals surface area (Å²) in [7, 11) is 0. The molecule has 0 spiro atoms. The summed E-state index contributed by atoms with van der Waals surface area (Å²) in [5.74, 6) is 1.57. The van der Waals surface area contributed by atoms with E-state index in [1.807, 2.05) is 0 Å². The van der Waals surface area contributed by atoms with E-state index in [4.69, 9.17) is 5.73 Å². The largest absolute Gasteiger partial charge is 0.353 e. The third kappa shape index (κ3) is 4.48. The molecule has 2 rings (SSSR count). The topological polar surface area (TPSA) is 55.1 Å². The molecule has 1 amide bonds. The van der Waals surface area contributed by atoms with Crippen LogP contribution in [0.3, 0.4) is 0 Å². The van der Waals surface area contributed by atoms with Gasteiger partial charge in [-0.3, -0.25) is 4.79 Å². The summed E-state index contributed by atoms with van der Waals surface area (Å²) >= 11 is 0. The maximum atomic E-state index is 12.1. The average Bonchev–Trinajstić information content (AvgIpc) is 2.78. The highest BCUT2D eigenvalue weighted by Gasteiger charge is 2.27. The molecule has 2 atom stereocenters. The van der Waals surface area contributed by atoms with Gasteiger partial charge in [0.15, 0.2) is 0 Å². The van der Waals surface area contributed by atoms with Gasteiger partial charge in [0.25, 0.3) is 0 Å². The minimum absolute atomic E-state index is 0.237. The molecule has 0 bridgehead atoms. The van der Waals surface area contributed by atoms with E-state index in [0.717, 1.165) is 18.8 Å². The van der Waals surface area contributed by atoms with Gasteiger partial charge in [0, 0.05) is 18.5 Å². The summed E-state index contributed by atoms with van der Waals surface area (Å²) in [6, 6.07) is 0.685. The molecule has 0 aromatic rings. The maximum absolute atomic E-state index is 12.1. The van der Waals surface area contributed by atoms with Crippen molar-refractivity contribution in [3.63, 3.8) is 0 Å². The van der Waals surface area contributed by atoms with Crippen molar-refractivity contribution in [3.8, 4) is 0 Å². The second-order valence-corrected chi connectivity index (χ2v) is 6.63. The molecule has 3 nitrogen and oxygen atoms in total. The molecule has 19 heavy (non-hydrogen) atoms. The van der Waals surface area contributed by atoms with Gasteiger partial charge in [0.1, 0.15) is 0 Å². The SMILES string of the molecule is CCCC1CCC(NC(=O)C[C@@H]2CCC[C@H]2N)CC1. The van der Waals surface area contributed by atoms with Crippen LogP contribution in [0.4, 0.5) is 0 Å². The Bertz CT molecular complexity index is 284. The summed E-state index contributed by atoms with van der Waals surface area (Å²) in [6.07, 6.45) is 11.7. The molecule has 2 saturated carbocycles. The molecule has 0 radical (unpaired) electrons. The fraction of sp³-hybridized carbons (Fsp3) is 0.938. The van der Waals surface area contributed by atoms with Gasteiger partial charge >= 0.3 is 0 Å². The zero-order valence-corrected chi connectivity index (χ0v) is 12.4. The third-order valence-electron chi connectivity index (χ3n) is 5.07. The predicted octanol–water partition coefficient (Wildman–Crippen LogP) is 2.98. The Hall–Kier alpha value is -0.570. The van der Waals surface area contributed by atoms with Crippen LogP contribution in [0.15, 0.2) is 0 Å². The van der Waals surface area contributed by atoms with E-state index in [1.54, 1.807) is 0 Å². The fourth-order valence-corrected chi connectivity index (χ4v) is 3.85. The Morgan fingerprint density at radius 3 is 2.47 bits per heavy atom. The first kappa shape index (κ1) is 14.8. The second kappa shape index (κ2) is 7.28. The number of hydrogen-bond acceptors (Lipinski definition) is 2. The van der Waals surface area contributed by atoms with Crippen molar-refractivity contribution in [2.75, 3.05) is 0 Å². The Morgan fingerprint density at radius 1 is 1.16 bits per heavy atom. The Balaban J connectivity index is 1.66. The number of rotatable bonds is 5. The number of carbonyl (C=O) groups excluding carboxylic acids is 1. The summed E-state index contributed by atoms with van der Waals surface area (Å²) in [4.78, 5) is 12.1. The van der Waals surface area contributed by atoms with Gasteiger partial charge < -0.3 is 11.1 Å². The molecule has 0 aliphatic heterocycles. The molecule has 0 aromatic carbocycles. The van der Waals surface area contributed by atoms with Crippen LogP contribution in [-0.2, 0) is 4.79 Å². The highest BCUT2D eigenvalue weighted by atomic mass is 16.1. The zero-order valence-electron chi connectivity index (χ0n) is 12.4. The lowest BCUT2D eigenvalue weighted by Crippen LogP contribution is -2.39. The normalized spacial score (nSPS) is 35.3. The van der Waals surface area contributed by atoms with E-state index < -0.39 is 0 Å². The van der Waals surface area contributed by atoms with Gasteiger partial charge in [0.2, 0.25) is 5.91 Å². The standard InChI is InChI=1S/C16H30N2O/c1-2-4-12-7-9-14(10-8-12)18-16(19)11-13-5-3-6-15(13)17/h12-15H,2-11,17H2,1H3,(H,18,19)/t12?,13-,14?,15+/m0/s1. The quantitative estimate of drug-likeness (QED) is 0.803. The minimum Gasteiger partial charge on any atom is -0.353 e. The fourth-order valence-electron chi connectivity index (χ4n) is 3.85. The van der Waals surface area contributed by atoms with Gasteiger partial charge in [-0.15, -0.1) is 0 Å². The lowest BCUT2D eigenvalue weighted by Gasteiger charge is -2.29. The lowest BCUT2D eigenvalue weighted by atomic mass is 9.83. The molecule has 0 saturated heterocycles. The van der Waals surface area contributed by atoms with Crippen LogP contribution in [0.2, 0.25) is 0 Å². The number of hydrogen-bond donors (Lipinski definition) is 2. The van der Waals surface area contributed by atoms with Crippen LogP contribution in [0, 0.1) is 11.8 Å². The van der Waals surface area contributed by atoms with Crippen molar-refractivity contribution >= 4 is 5.91 Å². The molecule has 0 unspecified atom stereocenters. The van der Waals surface area contributed by atoms with Crippen LogP contribution in [0.1, 0.15) is 71.1 Å². The van der Waals surface area contributed by atoms with E-state index in [2.05, 4.69) is 12.2 Å². The van der Waals surface area contributed by atoms with Crippen LogP contribution in [-0.4, -0.2) is 18.0 Å². The van der Waals surface area contributed by atoms with E-state index >= 15 is 0 Å². The lowest BCUT2D eigenvalue weighted by molar-refractivity contribution is -0.123. The molecular formula is C16H30N2O. The molecule has 0 aromatic heterocycles. The highest BCUT2D eigenvalue weighted by molar-refractivity contribution is 5.76. The summed E-state index contributed by atoms with van der Waals surface area (Å²) in [5.41, 5.74) is 6.03. The molecule has 110 valence electrons. The Labute approximate surface area is 117 Å². The van der Waals surface area contributed by atoms with Gasteiger partial charge in [-0.2, -0.15) is 0 Å². The second-order valence-electron chi connectivity index (χ2n) is 6.63. The van der Waals surface area contributed by atoms with Crippen LogP contribution in [0.5, 0.6) is 0 Å². The van der Waals surface area contributed by atoms with Crippen molar-refractivity contribution in [1.29, 1.82) is 0 Å². The molecule has 2 aliphatic rings. The van der Waals surface area contributed by atoms with E-state index in [9.17, 15) is 4.79 Å². The third-order valence-corrected chi connectivity index (χ3v) is 5.07. The van der Waals surface area contributed by atoms with E-state index in [1.165, 1.54) is 44.9 Å². The first-order valence-corrected chi connectivity index (χ1v) is 8.24. The maximum Gasteiger partial charge on any atom is 0.220 e. The van der Waals surface area contributed by atoms with Crippen molar-refractivity contribution in [2.45, 2.75) is 83.2 Å². The number of amides is 1. The summed E-state index contributed by atoms with van der Waals surface area (Å²) in [6.45, 7) is 2.26. The van der Waals surface area contributed by atoms with Crippen LogP contribution in [0.25, 0.3) is 0 Å². The number of carbonyl (C=O) groups is 1. The number of nitrogens with two attached hydrogens (primary N) is 1. The average molecular weight is 266 g/mol. The molecule has 0 heterocycles. The molecule has 3 N–H and O–H groups in total. The Morgan fingerprint density at radius 2 is 1.89 bits per heavy atom. The molecule has 2 fully saturated rings. The summed E-state index contributed by atoms with van der Waals surface area (Å²) in [5, 5.41) is 3.23. The van der Waals surface area contributed by atoms with Crippen LogP contribution >= 0.6 is 0 Å². The first-order chi connectivity index (χ1) is 9.19. The first-order valence-electron chi connectivity index (χ1n) is 8.24. The zero-order chi connectivity index (χ0) is 13.7. The van der Waals surface area contributed by atoms with Gasteiger partial charge in [-0.1, -0.05) is 26.2 Å². The smallest absolute Gasteiger partial charge is 0.220 e. The predicted molar refractivity (Wildman–Crippen MR) is 78.7 cm³/mol. The van der Waals surface area contributed by atoms with E-state index in [-0.39, 0.29) is 11.9 Å².